The van der Waals surface area contributed by atoms with E-state index in [-0.39, 0.29) is 12.6 Å². The van der Waals surface area contributed by atoms with Crippen LogP contribution in [0.5, 0.6) is 0 Å². The first-order valence-electron chi connectivity index (χ1n) is 6.14. The molecule has 2 rings (SSSR count). The molecule has 0 bridgehead atoms. The van der Waals surface area contributed by atoms with Crippen molar-refractivity contribution in [2.24, 2.45) is 7.05 Å². The molecule has 0 unspecified atom stereocenters. The van der Waals surface area contributed by atoms with E-state index in [9.17, 15) is 5.11 Å². The smallest absolute Gasteiger partial charge is 0.0588 e. The first-order valence-corrected chi connectivity index (χ1v) is 6.14. The van der Waals surface area contributed by atoms with E-state index in [1.807, 2.05) is 36.0 Å². The minimum Gasteiger partial charge on any atom is -0.395 e. The zero-order valence-corrected chi connectivity index (χ0v) is 10.6. The van der Waals surface area contributed by atoms with Gasteiger partial charge in [0.2, 0.25) is 0 Å². The summed E-state index contributed by atoms with van der Waals surface area (Å²) < 4.78 is 1.84. The molecule has 4 nitrogen and oxygen atoms in total. The predicted octanol–water partition coefficient (Wildman–Crippen LogP) is 1.11. The van der Waals surface area contributed by atoms with E-state index in [2.05, 4.69) is 22.5 Å². The van der Waals surface area contributed by atoms with Crippen LogP contribution in [-0.2, 0) is 20.0 Å². The van der Waals surface area contributed by atoms with Gasteiger partial charge in [0.05, 0.1) is 12.3 Å². The maximum Gasteiger partial charge on any atom is 0.0588 e. The SMILES string of the molecule is Cn1nccc1CN[C@H](CO)Cc1ccccc1. The molecule has 0 aliphatic heterocycles. The van der Waals surface area contributed by atoms with Crippen LogP contribution in [0.4, 0.5) is 0 Å². The second kappa shape index (κ2) is 6.33. The molecular weight excluding hydrogens is 226 g/mol. The molecular formula is C14H19N3O. The Kier molecular flexibility index (Phi) is 4.50. The molecule has 1 aromatic heterocycles. The van der Waals surface area contributed by atoms with Crippen molar-refractivity contribution in [3.63, 3.8) is 0 Å². The summed E-state index contributed by atoms with van der Waals surface area (Å²) in [6.07, 6.45) is 2.61. The molecule has 18 heavy (non-hydrogen) atoms. The molecule has 0 aliphatic carbocycles. The van der Waals surface area contributed by atoms with Crippen LogP contribution in [0.3, 0.4) is 0 Å². The average Bonchev–Trinajstić information content (AvgIpc) is 2.81. The summed E-state index contributed by atoms with van der Waals surface area (Å²) in [5, 5.41) is 16.9. The molecule has 0 fully saturated rings. The molecule has 96 valence electrons. The van der Waals surface area contributed by atoms with Gasteiger partial charge in [-0.05, 0) is 18.1 Å². The number of aliphatic hydroxyl groups is 1. The molecule has 0 radical (unpaired) electrons. The number of nitrogens with zero attached hydrogens (tertiary/aromatic N) is 2. The van der Waals surface area contributed by atoms with Gasteiger partial charge in [-0.3, -0.25) is 4.68 Å². The second-order valence-corrected chi connectivity index (χ2v) is 4.40. The molecule has 1 heterocycles. The highest BCUT2D eigenvalue weighted by molar-refractivity contribution is 5.16. The van der Waals surface area contributed by atoms with Gasteiger partial charge in [0.1, 0.15) is 0 Å². The summed E-state index contributed by atoms with van der Waals surface area (Å²) in [7, 11) is 1.92. The fourth-order valence-corrected chi connectivity index (χ4v) is 1.92. The Labute approximate surface area is 107 Å². The third kappa shape index (κ3) is 3.42. The minimum absolute atomic E-state index is 0.0716. The van der Waals surface area contributed by atoms with Crippen molar-refractivity contribution in [2.45, 2.75) is 19.0 Å². The fourth-order valence-electron chi connectivity index (χ4n) is 1.92. The number of benzene rings is 1. The molecule has 2 N–H and O–H groups in total. The highest BCUT2D eigenvalue weighted by Crippen LogP contribution is 2.04. The molecule has 0 amide bonds. The Hall–Kier alpha value is -1.65. The summed E-state index contributed by atoms with van der Waals surface area (Å²) in [4.78, 5) is 0. The summed E-state index contributed by atoms with van der Waals surface area (Å²) in [6, 6.07) is 12.2. The maximum atomic E-state index is 9.40. The zero-order chi connectivity index (χ0) is 12.8. The third-order valence-electron chi connectivity index (χ3n) is 3.04. The van der Waals surface area contributed by atoms with Crippen molar-refractivity contribution in [3.05, 3.63) is 53.9 Å². The van der Waals surface area contributed by atoms with Gasteiger partial charge in [0.25, 0.3) is 0 Å². The summed E-state index contributed by atoms with van der Waals surface area (Å²) in [5.41, 5.74) is 2.34. The fraction of sp³-hybridized carbons (Fsp3) is 0.357. The number of rotatable bonds is 6. The number of aryl methyl sites for hydroxylation is 1. The Morgan fingerprint density at radius 1 is 1.28 bits per heavy atom. The van der Waals surface area contributed by atoms with Gasteiger partial charge in [-0.25, -0.2) is 0 Å². The molecule has 2 aromatic rings. The van der Waals surface area contributed by atoms with Crippen LogP contribution in [-0.4, -0.2) is 27.5 Å². The van der Waals surface area contributed by atoms with E-state index in [4.69, 9.17) is 0 Å². The van der Waals surface area contributed by atoms with Gasteiger partial charge in [0.15, 0.2) is 0 Å². The standard InChI is InChI=1S/C14H19N3O/c1-17-14(7-8-16-17)10-15-13(11-18)9-12-5-3-2-4-6-12/h2-8,13,15,18H,9-11H2,1H3/t13-/m0/s1. The summed E-state index contributed by atoms with van der Waals surface area (Å²) >= 11 is 0. The van der Waals surface area contributed by atoms with Gasteiger partial charge in [-0.15, -0.1) is 0 Å². The monoisotopic (exact) mass is 245 g/mol. The lowest BCUT2D eigenvalue weighted by Crippen LogP contribution is -2.34. The Bertz CT molecular complexity index is 467. The van der Waals surface area contributed by atoms with E-state index < -0.39 is 0 Å². The normalized spacial score (nSPS) is 12.6. The van der Waals surface area contributed by atoms with Crippen LogP contribution >= 0.6 is 0 Å². The number of nitrogens with one attached hydrogen (secondary N) is 1. The number of aromatic nitrogens is 2. The van der Waals surface area contributed by atoms with Gasteiger partial charge < -0.3 is 10.4 Å². The maximum absolute atomic E-state index is 9.40. The summed E-state index contributed by atoms with van der Waals surface area (Å²) in [5.74, 6) is 0. The zero-order valence-electron chi connectivity index (χ0n) is 10.6. The third-order valence-corrected chi connectivity index (χ3v) is 3.04. The van der Waals surface area contributed by atoms with Crippen molar-refractivity contribution in [2.75, 3.05) is 6.61 Å². The van der Waals surface area contributed by atoms with E-state index >= 15 is 0 Å². The molecule has 4 heteroatoms. The first kappa shape index (κ1) is 12.8. The Morgan fingerprint density at radius 3 is 2.67 bits per heavy atom. The quantitative estimate of drug-likeness (QED) is 0.801. The van der Waals surface area contributed by atoms with Crippen molar-refractivity contribution >= 4 is 0 Å². The largest absolute Gasteiger partial charge is 0.395 e. The average molecular weight is 245 g/mol. The topological polar surface area (TPSA) is 50.1 Å². The highest BCUT2D eigenvalue weighted by atomic mass is 16.3. The van der Waals surface area contributed by atoms with Crippen LogP contribution in [0.15, 0.2) is 42.6 Å². The van der Waals surface area contributed by atoms with Crippen molar-refractivity contribution in [1.29, 1.82) is 0 Å². The van der Waals surface area contributed by atoms with Gasteiger partial charge in [-0.1, -0.05) is 30.3 Å². The van der Waals surface area contributed by atoms with E-state index in [1.165, 1.54) is 5.56 Å². The molecule has 0 spiro atoms. The van der Waals surface area contributed by atoms with E-state index in [0.29, 0.717) is 6.54 Å². The van der Waals surface area contributed by atoms with Gasteiger partial charge >= 0.3 is 0 Å². The molecule has 0 aliphatic rings. The molecule has 1 atom stereocenters. The number of aliphatic hydroxyl groups excluding tert-OH is 1. The number of hydrogen-bond donors (Lipinski definition) is 2. The van der Waals surface area contributed by atoms with Gasteiger partial charge in [-0.2, -0.15) is 5.10 Å². The molecule has 0 saturated carbocycles. The van der Waals surface area contributed by atoms with Crippen LogP contribution in [0, 0.1) is 0 Å². The van der Waals surface area contributed by atoms with Gasteiger partial charge in [0, 0.05) is 25.8 Å². The van der Waals surface area contributed by atoms with Crippen LogP contribution in [0.2, 0.25) is 0 Å². The van der Waals surface area contributed by atoms with E-state index in [1.54, 1.807) is 6.20 Å². The van der Waals surface area contributed by atoms with Crippen LogP contribution < -0.4 is 5.32 Å². The minimum atomic E-state index is 0.0716. The lowest BCUT2D eigenvalue weighted by atomic mass is 10.1. The van der Waals surface area contributed by atoms with Crippen LogP contribution in [0.1, 0.15) is 11.3 Å². The Morgan fingerprint density at radius 2 is 2.06 bits per heavy atom. The van der Waals surface area contributed by atoms with Crippen molar-refractivity contribution in [1.82, 2.24) is 15.1 Å². The summed E-state index contributed by atoms with van der Waals surface area (Å²) in [6.45, 7) is 0.849. The lowest BCUT2D eigenvalue weighted by molar-refractivity contribution is 0.240. The van der Waals surface area contributed by atoms with E-state index in [0.717, 1.165) is 12.1 Å². The van der Waals surface area contributed by atoms with Crippen molar-refractivity contribution in [3.8, 4) is 0 Å². The lowest BCUT2D eigenvalue weighted by Gasteiger charge is -2.16. The predicted molar refractivity (Wildman–Crippen MR) is 71.1 cm³/mol. The second-order valence-electron chi connectivity index (χ2n) is 4.40. The Balaban J connectivity index is 1.88. The molecule has 1 aromatic carbocycles. The molecule has 0 saturated heterocycles. The van der Waals surface area contributed by atoms with Crippen LogP contribution in [0.25, 0.3) is 0 Å². The van der Waals surface area contributed by atoms with Crippen molar-refractivity contribution < 1.29 is 5.11 Å². The highest BCUT2D eigenvalue weighted by Gasteiger charge is 2.08. The number of hydrogen-bond acceptors (Lipinski definition) is 3. The first-order chi connectivity index (χ1) is 8.79.